The molecular weight excluding hydrogens is 430 g/mol. The minimum absolute atomic E-state index is 0.184. The Morgan fingerprint density at radius 1 is 1.00 bits per heavy atom. The molecule has 1 aliphatic carbocycles. The third-order valence-electron chi connectivity index (χ3n) is 7.33. The highest BCUT2D eigenvalue weighted by atomic mass is 35.5. The maximum atomic E-state index is 6.89. The summed E-state index contributed by atoms with van der Waals surface area (Å²) in [5.41, 5.74) is 0. The van der Waals surface area contributed by atoms with Crippen LogP contribution in [0.3, 0.4) is 0 Å². The standard InChI is InChI=1S/C22H42ClN3O2Si2/c1-21(2,3)29(7,8)27-14-16-11-17(26-20-13-19(23)24-15-25-20)12-18(16)28-30(9,10)22(4,5)6/h13,15-18H,11-12,14H2,1-10H3,(H,24,25,26)/t16-,17+,18-/m0/s1. The highest BCUT2D eigenvalue weighted by Crippen LogP contribution is 2.42. The van der Waals surface area contributed by atoms with Crippen LogP contribution in [0.2, 0.25) is 41.4 Å². The lowest BCUT2D eigenvalue weighted by Crippen LogP contribution is -2.46. The third-order valence-corrected chi connectivity index (χ3v) is 16.5. The molecule has 0 saturated heterocycles. The second kappa shape index (κ2) is 9.18. The molecule has 1 saturated carbocycles. The molecule has 1 N–H and O–H groups in total. The number of anilines is 1. The molecule has 3 atom stereocenters. The van der Waals surface area contributed by atoms with Crippen molar-refractivity contribution in [2.75, 3.05) is 11.9 Å². The first kappa shape index (κ1) is 25.8. The number of rotatable bonds is 7. The first-order chi connectivity index (χ1) is 13.5. The Kier molecular flexibility index (Phi) is 7.89. The quantitative estimate of drug-likeness (QED) is 0.352. The summed E-state index contributed by atoms with van der Waals surface area (Å²) in [5, 5.41) is 4.39. The van der Waals surface area contributed by atoms with E-state index < -0.39 is 16.6 Å². The van der Waals surface area contributed by atoms with Crippen molar-refractivity contribution in [1.82, 2.24) is 9.97 Å². The maximum absolute atomic E-state index is 6.89. The van der Waals surface area contributed by atoms with Gasteiger partial charge in [0, 0.05) is 24.6 Å². The molecule has 0 bridgehead atoms. The van der Waals surface area contributed by atoms with Crippen molar-refractivity contribution < 1.29 is 8.85 Å². The van der Waals surface area contributed by atoms with Crippen LogP contribution in [0.1, 0.15) is 54.4 Å². The van der Waals surface area contributed by atoms with Gasteiger partial charge in [-0.3, -0.25) is 0 Å². The average molecular weight is 472 g/mol. The van der Waals surface area contributed by atoms with E-state index in [4.69, 9.17) is 20.5 Å². The largest absolute Gasteiger partial charge is 0.416 e. The van der Waals surface area contributed by atoms with Crippen LogP contribution in [-0.4, -0.2) is 45.4 Å². The lowest BCUT2D eigenvalue weighted by atomic mass is 10.1. The second-order valence-electron chi connectivity index (χ2n) is 11.8. The van der Waals surface area contributed by atoms with Gasteiger partial charge in [0.2, 0.25) is 0 Å². The Bertz CT molecular complexity index is 717. The van der Waals surface area contributed by atoms with Crippen LogP contribution in [0.4, 0.5) is 5.82 Å². The van der Waals surface area contributed by atoms with Gasteiger partial charge in [-0.1, -0.05) is 53.1 Å². The van der Waals surface area contributed by atoms with Crippen LogP contribution >= 0.6 is 11.6 Å². The summed E-state index contributed by atoms with van der Waals surface area (Å²) in [6, 6.07) is 2.07. The summed E-state index contributed by atoms with van der Waals surface area (Å²) in [5.74, 6) is 1.15. The van der Waals surface area contributed by atoms with Crippen LogP contribution in [0.5, 0.6) is 0 Å². The molecule has 0 amide bonds. The molecule has 0 aliphatic heterocycles. The Balaban J connectivity index is 2.15. The summed E-state index contributed by atoms with van der Waals surface area (Å²) >= 11 is 6.04. The van der Waals surface area contributed by atoms with Gasteiger partial charge in [0.1, 0.15) is 17.3 Å². The molecule has 30 heavy (non-hydrogen) atoms. The average Bonchev–Trinajstić information content (AvgIpc) is 2.91. The van der Waals surface area contributed by atoms with E-state index in [-0.39, 0.29) is 16.2 Å². The van der Waals surface area contributed by atoms with Gasteiger partial charge in [0.15, 0.2) is 16.6 Å². The van der Waals surface area contributed by atoms with E-state index in [0.717, 1.165) is 25.3 Å². The van der Waals surface area contributed by atoms with E-state index in [9.17, 15) is 0 Å². The summed E-state index contributed by atoms with van der Waals surface area (Å²) < 4.78 is 13.5. The molecule has 172 valence electrons. The molecule has 0 spiro atoms. The van der Waals surface area contributed by atoms with Gasteiger partial charge in [-0.25, -0.2) is 9.97 Å². The smallest absolute Gasteiger partial charge is 0.192 e. The van der Waals surface area contributed by atoms with Gasteiger partial charge in [-0.2, -0.15) is 0 Å². The van der Waals surface area contributed by atoms with Crippen molar-refractivity contribution in [1.29, 1.82) is 0 Å². The first-order valence-electron chi connectivity index (χ1n) is 11.1. The fourth-order valence-electron chi connectivity index (χ4n) is 3.23. The Labute approximate surface area is 191 Å². The van der Waals surface area contributed by atoms with Crippen molar-refractivity contribution in [3.05, 3.63) is 17.5 Å². The fraction of sp³-hybridized carbons (Fsp3) is 0.818. The summed E-state index contributed by atoms with van der Waals surface area (Å²) in [7, 11) is -3.68. The zero-order valence-electron chi connectivity index (χ0n) is 20.6. The van der Waals surface area contributed by atoms with Gasteiger partial charge in [0.05, 0.1) is 6.10 Å². The number of nitrogens with one attached hydrogen (secondary N) is 1. The predicted molar refractivity (Wildman–Crippen MR) is 132 cm³/mol. The van der Waals surface area contributed by atoms with E-state index in [2.05, 4.69) is 83.0 Å². The topological polar surface area (TPSA) is 56.3 Å². The van der Waals surface area contributed by atoms with Crippen molar-refractivity contribution in [3.63, 3.8) is 0 Å². The van der Waals surface area contributed by atoms with Crippen molar-refractivity contribution in [2.45, 2.75) is 103 Å². The maximum Gasteiger partial charge on any atom is 0.192 e. The molecule has 1 aliphatic rings. The SMILES string of the molecule is CC(C)(C)[Si](C)(C)OC[C@@H]1C[C@@H](Nc2cc(Cl)ncn2)C[C@@H]1O[Si](C)(C)C(C)(C)C. The Morgan fingerprint density at radius 3 is 2.13 bits per heavy atom. The number of nitrogens with zero attached hydrogens (tertiary/aromatic N) is 2. The molecule has 8 heteroatoms. The Morgan fingerprint density at radius 2 is 1.60 bits per heavy atom. The van der Waals surface area contributed by atoms with E-state index in [1.807, 2.05) is 0 Å². The monoisotopic (exact) mass is 471 g/mol. The summed E-state index contributed by atoms with van der Waals surface area (Å²) in [4.78, 5) is 8.30. The summed E-state index contributed by atoms with van der Waals surface area (Å²) in [6.07, 6.45) is 3.67. The van der Waals surface area contributed by atoms with Crippen molar-refractivity contribution in [3.8, 4) is 0 Å². The van der Waals surface area contributed by atoms with E-state index in [1.54, 1.807) is 6.07 Å². The number of aromatic nitrogens is 2. The minimum Gasteiger partial charge on any atom is -0.416 e. The molecule has 1 fully saturated rings. The number of hydrogen-bond donors (Lipinski definition) is 1. The lowest BCUT2D eigenvalue weighted by Gasteiger charge is -2.41. The predicted octanol–water partition coefficient (Wildman–Crippen LogP) is 6.73. The zero-order chi connectivity index (χ0) is 23.0. The molecule has 0 unspecified atom stereocenters. The highest BCUT2D eigenvalue weighted by Gasteiger charge is 2.45. The van der Waals surface area contributed by atoms with Gasteiger partial charge in [-0.15, -0.1) is 0 Å². The van der Waals surface area contributed by atoms with E-state index in [1.165, 1.54) is 6.33 Å². The third kappa shape index (κ3) is 6.51. The second-order valence-corrected chi connectivity index (χ2v) is 21.7. The van der Waals surface area contributed by atoms with E-state index in [0.29, 0.717) is 17.1 Å². The van der Waals surface area contributed by atoms with Gasteiger partial charge in [-0.05, 0) is 49.1 Å². The molecule has 5 nitrogen and oxygen atoms in total. The van der Waals surface area contributed by atoms with Crippen molar-refractivity contribution >= 4 is 34.1 Å². The molecule has 1 aromatic heterocycles. The van der Waals surface area contributed by atoms with Gasteiger partial charge < -0.3 is 14.2 Å². The molecular formula is C22H42ClN3O2Si2. The summed E-state index contributed by atoms with van der Waals surface area (Å²) in [6.45, 7) is 23.9. The fourth-order valence-corrected chi connectivity index (χ4v) is 5.84. The van der Waals surface area contributed by atoms with Crippen LogP contribution in [0, 0.1) is 5.92 Å². The van der Waals surface area contributed by atoms with Crippen LogP contribution in [0.25, 0.3) is 0 Å². The molecule has 0 radical (unpaired) electrons. The lowest BCUT2D eigenvalue weighted by molar-refractivity contribution is 0.101. The van der Waals surface area contributed by atoms with Crippen LogP contribution < -0.4 is 5.32 Å². The molecule has 0 aromatic carbocycles. The van der Waals surface area contributed by atoms with Gasteiger partial charge >= 0.3 is 0 Å². The van der Waals surface area contributed by atoms with Crippen molar-refractivity contribution in [2.24, 2.45) is 5.92 Å². The van der Waals surface area contributed by atoms with Crippen LogP contribution in [-0.2, 0) is 8.85 Å². The molecule has 1 heterocycles. The zero-order valence-corrected chi connectivity index (χ0v) is 23.4. The number of hydrogen-bond acceptors (Lipinski definition) is 5. The highest BCUT2D eigenvalue weighted by molar-refractivity contribution is 6.74. The number of halogens is 1. The molecule has 2 rings (SSSR count). The Hall–Kier alpha value is -0.476. The normalized spacial score (nSPS) is 23.6. The first-order valence-corrected chi connectivity index (χ1v) is 17.3. The minimum atomic E-state index is -1.87. The van der Waals surface area contributed by atoms with Crippen LogP contribution in [0.15, 0.2) is 12.4 Å². The van der Waals surface area contributed by atoms with E-state index >= 15 is 0 Å². The van der Waals surface area contributed by atoms with Gasteiger partial charge in [0.25, 0.3) is 0 Å². The molecule has 1 aromatic rings.